The first kappa shape index (κ1) is 17.1. The first-order valence-electron chi connectivity index (χ1n) is 8.63. The molecule has 0 unspecified atom stereocenters. The number of carbonyl (C=O) groups is 2. The number of para-hydroxylation sites is 1. The average Bonchev–Trinajstić information content (AvgIpc) is 3.10. The van der Waals surface area contributed by atoms with Gasteiger partial charge in [-0.2, -0.15) is 0 Å². The molecule has 0 fully saturated rings. The summed E-state index contributed by atoms with van der Waals surface area (Å²) in [6.45, 7) is 0. The third-order valence-corrected chi connectivity index (χ3v) is 5.53. The SMILES string of the molecule is NC(=O)c1sc2nccc3c2c1NC(=O)N3c1ccc(Oc2ccccc2)nc1. The molecule has 3 aromatic heterocycles. The molecule has 142 valence electrons. The van der Waals surface area contributed by atoms with Gasteiger partial charge in [0, 0.05) is 12.3 Å². The average molecular weight is 403 g/mol. The number of urea groups is 1. The molecule has 9 heteroatoms. The predicted molar refractivity (Wildman–Crippen MR) is 110 cm³/mol. The molecule has 1 aliphatic heterocycles. The summed E-state index contributed by atoms with van der Waals surface area (Å²) in [6, 6.07) is 14.0. The van der Waals surface area contributed by atoms with Gasteiger partial charge in [0.05, 0.1) is 28.6 Å². The number of ether oxygens (including phenoxy) is 1. The molecule has 4 aromatic rings. The zero-order chi connectivity index (χ0) is 20.0. The summed E-state index contributed by atoms with van der Waals surface area (Å²) < 4.78 is 5.70. The zero-order valence-corrected chi connectivity index (χ0v) is 15.6. The minimum Gasteiger partial charge on any atom is -0.439 e. The Kier molecular flexibility index (Phi) is 3.88. The van der Waals surface area contributed by atoms with Gasteiger partial charge in [-0.1, -0.05) is 18.2 Å². The summed E-state index contributed by atoms with van der Waals surface area (Å²) in [6.07, 6.45) is 3.14. The summed E-state index contributed by atoms with van der Waals surface area (Å²) in [5.74, 6) is 0.470. The van der Waals surface area contributed by atoms with E-state index < -0.39 is 11.9 Å². The molecule has 1 aliphatic rings. The first-order valence-corrected chi connectivity index (χ1v) is 9.45. The van der Waals surface area contributed by atoms with Gasteiger partial charge < -0.3 is 15.8 Å². The van der Waals surface area contributed by atoms with Crippen molar-refractivity contribution in [1.29, 1.82) is 0 Å². The van der Waals surface area contributed by atoms with Crippen LogP contribution in [0, 0.1) is 0 Å². The van der Waals surface area contributed by atoms with Crippen LogP contribution in [-0.2, 0) is 0 Å². The fourth-order valence-electron chi connectivity index (χ4n) is 3.19. The summed E-state index contributed by atoms with van der Waals surface area (Å²) in [7, 11) is 0. The minimum absolute atomic E-state index is 0.276. The molecule has 29 heavy (non-hydrogen) atoms. The number of nitrogens with two attached hydrogens (primary N) is 1. The first-order chi connectivity index (χ1) is 14.1. The van der Waals surface area contributed by atoms with Gasteiger partial charge in [0.25, 0.3) is 5.91 Å². The Labute approximate surface area is 168 Å². The molecule has 0 bridgehead atoms. The monoisotopic (exact) mass is 403 g/mol. The molecule has 1 aromatic carbocycles. The van der Waals surface area contributed by atoms with E-state index in [0.717, 1.165) is 11.3 Å². The number of anilines is 3. The molecular weight excluding hydrogens is 390 g/mol. The molecule has 0 atom stereocenters. The van der Waals surface area contributed by atoms with E-state index in [-0.39, 0.29) is 4.88 Å². The lowest BCUT2D eigenvalue weighted by Crippen LogP contribution is -2.34. The van der Waals surface area contributed by atoms with E-state index in [4.69, 9.17) is 10.5 Å². The summed E-state index contributed by atoms with van der Waals surface area (Å²) in [4.78, 5) is 35.6. The van der Waals surface area contributed by atoms with Crippen LogP contribution in [0.2, 0.25) is 0 Å². The number of amides is 3. The van der Waals surface area contributed by atoms with Crippen molar-refractivity contribution >= 4 is 50.6 Å². The van der Waals surface area contributed by atoms with Crippen molar-refractivity contribution < 1.29 is 14.3 Å². The molecule has 5 rings (SSSR count). The van der Waals surface area contributed by atoms with Gasteiger partial charge in [-0.3, -0.25) is 9.69 Å². The third kappa shape index (κ3) is 2.84. The van der Waals surface area contributed by atoms with Crippen LogP contribution in [0.15, 0.2) is 60.9 Å². The topological polar surface area (TPSA) is 110 Å². The molecule has 8 nitrogen and oxygen atoms in total. The van der Waals surface area contributed by atoms with Gasteiger partial charge in [-0.05, 0) is 24.3 Å². The summed E-state index contributed by atoms with van der Waals surface area (Å²) >= 11 is 1.15. The molecule has 4 heterocycles. The number of thiophene rings is 1. The van der Waals surface area contributed by atoms with Gasteiger partial charge in [0.15, 0.2) is 0 Å². The number of aromatic nitrogens is 2. The van der Waals surface area contributed by atoms with Gasteiger partial charge in [-0.15, -0.1) is 11.3 Å². The number of primary amides is 1. The van der Waals surface area contributed by atoms with E-state index in [1.165, 1.54) is 4.90 Å². The van der Waals surface area contributed by atoms with Crippen LogP contribution < -0.4 is 20.7 Å². The lowest BCUT2D eigenvalue weighted by Gasteiger charge is -2.28. The number of nitrogens with one attached hydrogen (secondary N) is 1. The quantitative estimate of drug-likeness (QED) is 0.529. The molecule has 3 N–H and O–H groups in total. The fourth-order valence-corrected chi connectivity index (χ4v) is 4.16. The van der Waals surface area contributed by atoms with Crippen LogP contribution in [0.25, 0.3) is 10.2 Å². The summed E-state index contributed by atoms with van der Waals surface area (Å²) in [5.41, 5.74) is 7.01. The summed E-state index contributed by atoms with van der Waals surface area (Å²) in [5, 5.41) is 3.43. The fraction of sp³-hybridized carbons (Fsp3) is 0. The molecule has 3 amide bonds. The largest absolute Gasteiger partial charge is 0.439 e. The number of hydrogen-bond donors (Lipinski definition) is 2. The second-order valence-corrected chi connectivity index (χ2v) is 7.22. The van der Waals surface area contributed by atoms with Crippen molar-refractivity contribution in [1.82, 2.24) is 9.97 Å². The molecule has 0 spiro atoms. The Morgan fingerprint density at radius 3 is 2.66 bits per heavy atom. The number of benzene rings is 1. The van der Waals surface area contributed by atoms with Gasteiger partial charge in [0.1, 0.15) is 15.5 Å². The van der Waals surface area contributed by atoms with Crippen molar-refractivity contribution in [2.75, 3.05) is 10.2 Å². The maximum atomic E-state index is 12.8. The number of pyridine rings is 2. The van der Waals surface area contributed by atoms with Crippen LogP contribution in [0.4, 0.5) is 21.9 Å². The molecule has 0 saturated heterocycles. The second kappa shape index (κ2) is 6.57. The highest BCUT2D eigenvalue weighted by Crippen LogP contribution is 2.45. The van der Waals surface area contributed by atoms with Crippen molar-refractivity contribution in [3.63, 3.8) is 0 Å². The Bertz CT molecular complexity index is 1250. The highest BCUT2D eigenvalue weighted by Gasteiger charge is 2.32. The predicted octanol–water partition coefficient (Wildman–Crippen LogP) is 4.27. The Morgan fingerprint density at radius 2 is 1.93 bits per heavy atom. The van der Waals surface area contributed by atoms with E-state index in [1.54, 1.807) is 30.6 Å². The van der Waals surface area contributed by atoms with Gasteiger partial charge >= 0.3 is 6.03 Å². The maximum absolute atomic E-state index is 12.8. The normalized spacial score (nSPS) is 12.7. The molecule has 0 saturated carbocycles. The van der Waals surface area contributed by atoms with Crippen LogP contribution in [0.1, 0.15) is 9.67 Å². The number of nitrogens with zero attached hydrogens (tertiary/aromatic N) is 3. The highest BCUT2D eigenvalue weighted by molar-refractivity contribution is 7.21. The van der Waals surface area contributed by atoms with Crippen molar-refractivity contribution in [3.8, 4) is 11.6 Å². The highest BCUT2D eigenvalue weighted by atomic mass is 32.1. The molecule has 0 radical (unpaired) electrons. The van der Waals surface area contributed by atoms with E-state index >= 15 is 0 Å². The van der Waals surface area contributed by atoms with E-state index in [0.29, 0.717) is 38.9 Å². The third-order valence-electron chi connectivity index (χ3n) is 4.41. The number of rotatable bonds is 4. The minimum atomic E-state index is -0.605. The van der Waals surface area contributed by atoms with Gasteiger partial charge in [-0.25, -0.2) is 14.8 Å². The van der Waals surface area contributed by atoms with E-state index in [1.807, 2.05) is 30.3 Å². The smallest absolute Gasteiger partial charge is 0.331 e. The van der Waals surface area contributed by atoms with Crippen LogP contribution in [0.5, 0.6) is 11.6 Å². The number of hydrogen-bond acceptors (Lipinski definition) is 6. The van der Waals surface area contributed by atoms with Crippen LogP contribution in [-0.4, -0.2) is 21.9 Å². The Hall–Kier alpha value is -3.98. The van der Waals surface area contributed by atoms with Crippen molar-refractivity contribution in [2.45, 2.75) is 0 Å². The van der Waals surface area contributed by atoms with Crippen LogP contribution >= 0.6 is 11.3 Å². The number of carbonyl (C=O) groups excluding carboxylic acids is 2. The van der Waals surface area contributed by atoms with E-state index in [2.05, 4.69) is 15.3 Å². The van der Waals surface area contributed by atoms with Crippen LogP contribution in [0.3, 0.4) is 0 Å². The van der Waals surface area contributed by atoms with Gasteiger partial charge in [0.2, 0.25) is 5.88 Å². The second-order valence-electron chi connectivity index (χ2n) is 6.22. The Balaban J connectivity index is 1.54. The van der Waals surface area contributed by atoms with Crippen molar-refractivity contribution in [2.24, 2.45) is 5.73 Å². The van der Waals surface area contributed by atoms with E-state index in [9.17, 15) is 9.59 Å². The molecule has 0 aliphatic carbocycles. The standard InChI is InChI=1S/C20H13N5O3S/c21-18(26)17-16-15-13(8-9-22-19(15)29-17)25(20(27)24-16)11-6-7-14(23-10-11)28-12-4-2-1-3-5-12/h1-10H,(H2,21,26)(H,24,27). The molecular formula is C20H13N5O3S. The van der Waals surface area contributed by atoms with Crippen molar-refractivity contribution in [3.05, 3.63) is 65.8 Å². The maximum Gasteiger partial charge on any atom is 0.331 e. The lowest BCUT2D eigenvalue weighted by atomic mass is 10.1. The Morgan fingerprint density at radius 1 is 1.10 bits per heavy atom. The zero-order valence-electron chi connectivity index (χ0n) is 14.8. The lowest BCUT2D eigenvalue weighted by molar-refractivity contribution is 0.100.